The Balaban J connectivity index is 1.96. The predicted molar refractivity (Wildman–Crippen MR) is 84.5 cm³/mol. The number of sulfonamides is 1. The normalized spacial score (nSPS) is 17.1. The molecule has 6 nitrogen and oxygen atoms in total. The van der Waals surface area contributed by atoms with E-state index in [4.69, 9.17) is 10.9 Å². The Labute approximate surface area is 123 Å². The molecule has 0 unspecified atom stereocenters. The smallest absolute Gasteiger partial charge is 0.240 e. The second kappa shape index (κ2) is 6.66. The highest BCUT2D eigenvalue weighted by atomic mass is 32.2. The van der Waals surface area contributed by atoms with Crippen LogP contribution < -0.4 is 16.2 Å². The number of rotatable bonds is 5. The van der Waals surface area contributed by atoms with Crippen LogP contribution in [0.1, 0.15) is 0 Å². The minimum Gasteiger partial charge on any atom is -0.396 e. The third kappa shape index (κ3) is 4.02. The highest BCUT2D eigenvalue weighted by Gasteiger charge is 2.15. The van der Waals surface area contributed by atoms with Crippen molar-refractivity contribution in [1.82, 2.24) is 4.90 Å². The molecule has 0 aliphatic carbocycles. The van der Waals surface area contributed by atoms with Crippen LogP contribution in [-0.2, 0) is 10.0 Å². The molecule has 1 aliphatic rings. The summed E-state index contributed by atoms with van der Waals surface area (Å²) in [6.07, 6.45) is 0. The van der Waals surface area contributed by atoms with Gasteiger partial charge >= 0.3 is 0 Å². The second-order valence-electron chi connectivity index (χ2n) is 4.64. The summed E-state index contributed by atoms with van der Waals surface area (Å²) in [5, 5.41) is 8.31. The van der Waals surface area contributed by atoms with E-state index in [1.54, 1.807) is 12.1 Å². The van der Waals surface area contributed by atoms with Crippen molar-refractivity contribution in [2.75, 3.05) is 48.7 Å². The standard InChI is InChI=1S/C12H20N4O2S2/c13-12-10(2-1-3-11(12)20(14,17)18)15-4-5-16-6-8-19-9-7-16/h1-3,15H,4-9,13H2,(H2,14,17,18). The Hall–Kier alpha value is -0.960. The molecule has 0 saturated carbocycles. The fourth-order valence-corrected chi connectivity index (χ4v) is 3.78. The Morgan fingerprint density at radius 1 is 1.30 bits per heavy atom. The molecule has 0 radical (unpaired) electrons. The molecule has 5 N–H and O–H groups in total. The Kier molecular flexibility index (Phi) is 5.14. The van der Waals surface area contributed by atoms with E-state index in [0.29, 0.717) is 5.69 Å². The van der Waals surface area contributed by atoms with Crippen molar-refractivity contribution < 1.29 is 8.42 Å². The van der Waals surface area contributed by atoms with Crippen molar-refractivity contribution in [2.45, 2.75) is 4.90 Å². The SMILES string of the molecule is Nc1c(NCCN2CCSCC2)cccc1S(N)(=O)=O. The van der Waals surface area contributed by atoms with Gasteiger partial charge < -0.3 is 11.1 Å². The molecule has 8 heteroatoms. The topological polar surface area (TPSA) is 101 Å². The highest BCUT2D eigenvalue weighted by molar-refractivity contribution is 7.99. The number of nitrogens with two attached hydrogens (primary N) is 2. The molecule has 1 fully saturated rings. The Morgan fingerprint density at radius 2 is 2.00 bits per heavy atom. The van der Waals surface area contributed by atoms with Crippen LogP contribution in [0.4, 0.5) is 11.4 Å². The second-order valence-corrected chi connectivity index (χ2v) is 7.40. The van der Waals surface area contributed by atoms with Crippen molar-refractivity contribution in [3.8, 4) is 0 Å². The average Bonchev–Trinajstić information content (AvgIpc) is 2.40. The maximum absolute atomic E-state index is 11.4. The predicted octanol–water partition coefficient (Wildman–Crippen LogP) is 0.377. The van der Waals surface area contributed by atoms with Crippen LogP contribution in [0.2, 0.25) is 0 Å². The van der Waals surface area contributed by atoms with Gasteiger partial charge in [0.05, 0.1) is 11.4 Å². The molecule has 0 amide bonds. The number of hydrogen-bond donors (Lipinski definition) is 3. The molecule has 0 bridgehead atoms. The van der Waals surface area contributed by atoms with Gasteiger partial charge in [0.25, 0.3) is 0 Å². The largest absolute Gasteiger partial charge is 0.396 e. The third-order valence-electron chi connectivity index (χ3n) is 3.22. The number of thioether (sulfide) groups is 1. The first-order chi connectivity index (χ1) is 9.48. The van der Waals surface area contributed by atoms with Crippen molar-refractivity contribution in [1.29, 1.82) is 0 Å². The molecule has 20 heavy (non-hydrogen) atoms. The molecule has 1 heterocycles. The molecule has 2 rings (SSSR count). The lowest BCUT2D eigenvalue weighted by atomic mass is 10.2. The zero-order chi connectivity index (χ0) is 14.6. The zero-order valence-corrected chi connectivity index (χ0v) is 12.8. The van der Waals surface area contributed by atoms with E-state index >= 15 is 0 Å². The van der Waals surface area contributed by atoms with Crippen LogP contribution in [0.5, 0.6) is 0 Å². The van der Waals surface area contributed by atoms with Gasteiger partial charge in [-0.1, -0.05) is 6.07 Å². The number of anilines is 2. The zero-order valence-electron chi connectivity index (χ0n) is 11.2. The molecule has 0 atom stereocenters. The molecule has 1 aliphatic heterocycles. The van der Waals surface area contributed by atoms with Gasteiger partial charge in [-0.2, -0.15) is 11.8 Å². The average molecular weight is 316 g/mol. The number of nitrogens with zero attached hydrogens (tertiary/aromatic N) is 1. The number of para-hydroxylation sites is 1. The minimum atomic E-state index is -3.78. The van der Waals surface area contributed by atoms with E-state index in [0.717, 1.165) is 26.2 Å². The van der Waals surface area contributed by atoms with E-state index in [2.05, 4.69) is 10.2 Å². The van der Waals surface area contributed by atoms with E-state index < -0.39 is 10.0 Å². The van der Waals surface area contributed by atoms with Gasteiger partial charge in [-0.25, -0.2) is 13.6 Å². The van der Waals surface area contributed by atoms with Crippen LogP contribution in [-0.4, -0.2) is 51.0 Å². The maximum atomic E-state index is 11.4. The summed E-state index contributed by atoms with van der Waals surface area (Å²) in [6, 6.07) is 4.81. The summed E-state index contributed by atoms with van der Waals surface area (Å²) in [4.78, 5) is 2.35. The number of nitrogen functional groups attached to an aromatic ring is 1. The lowest BCUT2D eigenvalue weighted by Gasteiger charge is -2.26. The molecular weight excluding hydrogens is 296 g/mol. The first-order valence-electron chi connectivity index (χ1n) is 6.44. The van der Waals surface area contributed by atoms with E-state index in [9.17, 15) is 8.42 Å². The monoisotopic (exact) mass is 316 g/mol. The molecule has 1 aromatic rings. The molecule has 1 aromatic carbocycles. The van der Waals surface area contributed by atoms with Crippen molar-refractivity contribution >= 4 is 33.2 Å². The van der Waals surface area contributed by atoms with Gasteiger partial charge in [0, 0.05) is 37.7 Å². The van der Waals surface area contributed by atoms with Crippen molar-refractivity contribution in [3.63, 3.8) is 0 Å². The van der Waals surface area contributed by atoms with Gasteiger partial charge in [0.1, 0.15) is 4.90 Å². The summed E-state index contributed by atoms with van der Waals surface area (Å²) in [5.74, 6) is 2.34. The van der Waals surface area contributed by atoms with Crippen LogP contribution >= 0.6 is 11.8 Å². The number of hydrogen-bond acceptors (Lipinski definition) is 6. The quantitative estimate of drug-likeness (QED) is 0.679. The molecule has 0 aromatic heterocycles. The summed E-state index contributed by atoms with van der Waals surface area (Å²) in [7, 11) is -3.78. The minimum absolute atomic E-state index is 0.0307. The fraction of sp³-hybridized carbons (Fsp3) is 0.500. The molecule has 1 saturated heterocycles. The van der Waals surface area contributed by atoms with Gasteiger partial charge in [-0.15, -0.1) is 0 Å². The van der Waals surface area contributed by atoms with Gasteiger partial charge in [-0.05, 0) is 12.1 Å². The number of primary sulfonamides is 1. The fourth-order valence-electron chi connectivity index (χ4n) is 2.12. The summed E-state index contributed by atoms with van der Waals surface area (Å²) in [6.45, 7) is 3.83. The number of benzene rings is 1. The Bertz CT molecular complexity index is 557. The first-order valence-corrected chi connectivity index (χ1v) is 9.14. The van der Waals surface area contributed by atoms with Gasteiger partial charge in [0.2, 0.25) is 10.0 Å². The number of nitrogens with one attached hydrogen (secondary N) is 1. The summed E-state index contributed by atoms with van der Waals surface area (Å²) in [5.41, 5.74) is 6.65. The summed E-state index contributed by atoms with van der Waals surface area (Å²) >= 11 is 1.97. The highest BCUT2D eigenvalue weighted by Crippen LogP contribution is 2.25. The van der Waals surface area contributed by atoms with E-state index in [1.165, 1.54) is 17.6 Å². The van der Waals surface area contributed by atoms with E-state index in [1.807, 2.05) is 11.8 Å². The Morgan fingerprint density at radius 3 is 2.65 bits per heavy atom. The van der Waals surface area contributed by atoms with Crippen LogP contribution in [0.3, 0.4) is 0 Å². The first kappa shape index (κ1) is 15.4. The van der Waals surface area contributed by atoms with Crippen LogP contribution in [0, 0.1) is 0 Å². The van der Waals surface area contributed by atoms with Crippen LogP contribution in [0.15, 0.2) is 23.1 Å². The molecular formula is C12H20N4O2S2. The third-order valence-corrected chi connectivity index (χ3v) is 5.13. The molecule has 112 valence electrons. The lowest BCUT2D eigenvalue weighted by Crippen LogP contribution is -2.36. The van der Waals surface area contributed by atoms with Gasteiger partial charge in [0.15, 0.2) is 0 Å². The van der Waals surface area contributed by atoms with Crippen molar-refractivity contribution in [3.05, 3.63) is 18.2 Å². The summed E-state index contributed by atoms with van der Waals surface area (Å²) < 4.78 is 22.8. The maximum Gasteiger partial charge on any atom is 0.240 e. The molecule has 0 spiro atoms. The lowest BCUT2D eigenvalue weighted by molar-refractivity contribution is 0.314. The van der Waals surface area contributed by atoms with Crippen molar-refractivity contribution in [2.24, 2.45) is 5.14 Å². The van der Waals surface area contributed by atoms with E-state index in [-0.39, 0.29) is 10.6 Å². The van der Waals surface area contributed by atoms with Gasteiger partial charge in [-0.3, -0.25) is 4.90 Å². The van der Waals surface area contributed by atoms with Crippen LogP contribution in [0.25, 0.3) is 0 Å².